The summed E-state index contributed by atoms with van der Waals surface area (Å²) in [5.74, 6) is 0.840. The zero-order valence-electron chi connectivity index (χ0n) is 19.3. The molecule has 1 fully saturated rings. The average molecular weight is 435 g/mol. The second kappa shape index (κ2) is 8.22. The van der Waals surface area contributed by atoms with Crippen LogP contribution in [0.2, 0.25) is 0 Å². The SMILES string of the molecule is CCn1cc(C(O)CN2CCC3(CC2)CC(O)c2cc(C)c(C)cc2O3)c2ccccc21. The van der Waals surface area contributed by atoms with E-state index in [1.807, 2.05) is 12.1 Å². The maximum absolute atomic E-state index is 11.1. The molecule has 0 radical (unpaired) electrons. The quantitative estimate of drug-likeness (QED) is 0.627. The molecular formula is C27H34N2O3. The van der Waals surface area contributed by atoms with Crippen molar-refractivity contribution in [2.45, 2.75) is 64.4 Å². The molecule has 5 heteroatoms. The fraction of sp³-hybridized carbons (Fsp3) is 0.481. The van der Waals surface area contributed by atoms with Crippen LogP contribution >= 0.6 is 0 Å². The molecule has 0 aliphatic carbocycles. The molecule has 2 unspecified atom stereocenters. The van der Waals surface area contributed by atoms with E-state index in [-0.39, 0.29) is 5.60 Å². The molecule has 2 aromatic carbocycles. The Labute approximate surface area is 190 Å². The Kier molecular flexibility index (Phi) is 5.52. The van der Waals surface area contributed by atoms with Gasteiger partial charge < -0.3 is 24.4 Å². The molecule has 2 atom stereocenters. The van der Waals surface area contributed by atoms with Crippen molar-refractivity contribution in [3.05, 3.63) is 64.8 Å². The molecule has 5 rings (SSSR count). The number of hydrogen-bond acceptors (Lipinski definition) is 4. The minimum atomic E-state index is -0.522. The zero-order valence-corrected chi connectivity index (χ0v) is 19.3. The highest BCUT2D eigenvalue weighted by molar-refractivity contribution is 5.84. The molecule has 5 nitrogen and oxygen atoms in total. The topological polar surface area (TPSA) is 57.9 Å². The summed E-state index contributed by atoms with van der Waals surface area (Å²) >= 11 is 0. The van der Waals surface area contributed by atoms with Gasteiger partial charge in [-0.05, 0) is 62.9 Å². The minimum absolute atomic E-state index is 0.312. The summed E-state index contributed by atoms with van der Waals surface area (Å²) in [6.45, 7) is 9.52. The predicted molar refractivity (Wildman–Crippen MR) is 127 cm³/mol. The number of para-hydroxylation sites is 1. The number of benzene rings is 2. The molecule has 0 saturated carbocycles. The number of rotatable bonds is 4. The third-order valence-electron chi connectivity index (χ3n) is 7.59. The number of likely N-dealkylation sites (tertiary alicyclic amines) is 1. The lowest BCUT2D eigenvalue weighted by Gasteiger charge is -2.46. The zero-order chi connectivity index (χ0) is 22.5. The second-order valence-electron chi connectivity index (χ2n) is 9.68. The van der Waals surface area contributed by atoms with Gasteiger partial charge in [-0.2, -0.15) is 0 Å². The molecule has 1 aromatic heterocycles. The Morgan fingerprint density at radius 3 is 2.59 bits per heavy atom. The van der Waals surface area contributed by atoms with Gasteiger partial charge in [0.25, 0.3) is 0 Å². The van der Waals surface area contributed by atoms with Gasteiger partial charge in [-0.25, -0.2) is 0 Å². The van der Waals surface area contributed by atoms with Crippen LogP contribution < -0.4 is 4.74 Å². The standard InChI is InChI=1S/C27H34N2O3/c1-4-29-16-22(20-7-5-6-8-23(20)29)25(31)17-28-11-9-27(10-12-28)15-24(30)21-13-18(2)19(3)14-26(21)32-27/h5-8,13-14,16,24-25,30-31H,4,9-12,15,17H2,1-3H3. The lowest BCUT2D eigenvalue weighted by Crippen LogP contribution is -2.51. The second-order valence-corrected chi connectivity index (χ2v) is 9.68. The molecule has 0 bridgehead atoms. The van der Waals surface area contributed by atoms with Crippen LogP contribution in [-0.4, -0.2) is 44.9 Å². The van der Waals surface area contributed by atoms with Crippen LogP contribution in [0.5, 0.6) is 5.75 Å². The number of hydrogen-bond donors (Lipinski definition) is 2. The van der Waals surface area contributed by atoms with Crippen molar-refractivity contribution in [2.24, 2.45) is 0 Å². The molecule has 1 spiro atoms. The monoisotopic (exact) mass is 434 g/mol. The van der Waals surface area contributed by atoms with Gasteiger partial charge in [0.15, 0.2) is 0 Å². The first-order valence-electron chi connectivity index (χ1n) is 11.9. The molecule has 3 heterocycles. The molecule has 2 aliphatic rings. The lowest BCUT2D eigenvalue weighted by molar-refractivity contribution is -0.0588. The molecule has 1 saturated heterocycles. The molecule has 2 aliphatic heterocycles. The van der Waals surface area contributed by atoms with Gasteiger partial charge in [0, 0.05) is 60.8 Å². The van der Waals surface area contributed by atoms with Gasteiger partial charge in [0.05, 0.1) is 12.2 Å². The Morgan fingerprint density at radius 1 is 1.12 bits per heavy atom. The number of aryl methyl sites for hydroxylation is 3. The number of nitrogens with zero attached hydrogens (tertiary/aromatic N) is 2. The third kappa shape index (κ3) is 3.72. The van der Waals surface area contributed by atoms with Crippen molar-refractivity contribution >= 4 is 10.9 Å². The summed E-state index contributed by atoms with van der Waals surface area (Å²) in [6.07, 6.45) is 3.46. The maximum Gasteiger partial charge on any atom is 0.126 e. The summed E-state index contributed by atoms with van der Waals surface area (Å²) in [7, 11) is 0. The summed E-state index contributed by atoms with van der Waals surface area (Å²) < 4.78 is 8.73. The van der Waals surface area contributed by atoms with E-state index in [1.165, 1.54) is 16.6 Å². The van der Waals surface area contributed by atoms with Crippen molar-refractivity contribution < 1.29 is 14.9 Å². The number of β-amino-alcohol motifs (C(OH)–C–C–N with tert-alkyl or cyclic N) is 1. The first-order chi connectivity index (χ1) is 15.4. The highest BCUT2D eigenvalue weighted by atomic mass is 16.5. The van der Waals surface area contributed by atoms with Gasteiger partial charge in [0.1, 0.15) is 11.4 Å². The van der Waals surface area contributed by atoms with E-state index >= 15 is 0 Å². The van der Waals surface area contributed by atoms with E-state index in [1.54, 1.807) is 0 Å². The number of ether oxygens (including phenoxy) is 1. The summed E-state index contributed by atoms with van der Waals surface area (Å²) in [4.78, 5) is 2.33. The Hall–Kier alpha value is -2.34. The molecule has 2 N–H and O–H groups in total. The maximum atomic E-state index is 11.1. The van der Waals surface area contributed by atoms with E-state index < -0.39 is 12.2 Å². The molecule has 3 aromatic rings. The van der Waals surface area contributed by atoms with Gasteiger partial charge >= 0.3 is 0 Å². The van der Waals surface area contributed by atoms with E-state index in [0.717, 1.165) is 54.7 Å². The number of aliphatic hydroxyl groups is 2. The normalized spacial score (nSPS) is 21.5. The van der Waals surface area contributed by atoms with E-state index in [0.29, 0.717) is 13.0 Å². The van der Waals surface area contributed by atoms with Crippen LogP contribution in [0.3, 0.4) is 0 Å². The first-order valence-corrected chi connectivity index (χ1v) is 11.9. The van der Waals surface area contributed by atoms with Crippen molar-refractivity contribution in [1.29, 1.82) is 0 Å². The number of fused-ring (bicyclic) bond motifs is 2. The first kappa shape index (κ1) is 21.5. The Morgan fingerprint density at radius 2 is 1.84 bits per heavy atom. The van der Waals surface area contributed by atoms with E-state index in [2.05, 4.69) is 60.7 Å². The predicted octanol–water partition coefficient (Wildman–Crippen LogP) is 4.66. The Balaban J connectivity index is 1.28. The van der Waals surface area contributed by atoms with Crippen LogP contribution in [-0.2, 0) is 6.54 Å². The van der Waals surface area contributed by atoms with Crippen molar-refractivity contribution in [3.63, 3.8) is 0 Å². The summed E-state index contributed by atoms with van der Waals surface area (Å²) in [6, 6.07) is 12.5. The highest BCUT2D eigenvalue weighted by Crippen LogP contribution is 2.45. The van der Waals surface area contributed by atoms with E-state index in [4.69, 9.17) is 4.74 Å². The van der Waals surface area contributed by atoms with Crippen LogP contribution in [0.25, 0.3) is 10.9 Å². The van der Waals surface area contributed by atoms with Crippen LogP contribution in [0.1, 0.15) is 60.6 Å². The summed E-state index contributed by atoms with van der Waals surface area (Å²) in [5.41, 5.74) is 5.18. The molecule has 170 valence electrons. The van der Waals surface area contributed by atoms with Gasteiger partial charge in [-0.3, -0.25) is 0 Å². The number of aromatic nitrogens is 1. The van der Waals surface area contributed by atoms with Crippen molar-refractivity contribution in [1.82, 2.24) is 9.47 Å². The van der Waals surface area contributed by atoms with Crippen LogP contribution in [0, 0.1) is 13.8 Å². The number of aliphatic hydroxyl groups excluding tert-OH is 2. The fourth-order valence-corrected chi connectivity index (χ4v) is 5.49. The number of piperidine rings is 1. The minimum Gasteiger partial charge on any atom is -0.487 e. The summed E-state index contributed by atoms with van der Waals surface area (Å²) in [5, 5.41) is 23.1. The lowest BCUT2D eigenvalue weighted by atomic mass is 9.81. The fourth-order valence-electron chi connectivity index (χ4n) is 5.49. The molecular weight excluding hydrogens is 400 g/mol. The van der Waals surface area contributed by atoms with Crippen LogP contribution in [0.4, 0.5) is 0 Å². The van der Waals surface area contributed by atoms with Crippen LogP contribution in [0.15, 0.2) is 42.6 Å². The third-order valence-corrected chi connectivity index (χ3v) is 7.59. The highest BCUT2D eigenvalue weighted by Gasteiger charge is 2.43. The molecule has 0 amide bonds. The van der Waals surface area contributed by atoms with Gasteiger partial charge in [-0.1, -0.05) is 18.2 Å². The Bertz CT molecular complexity index is 1130. The van der Waals surface area contributed by atoms with Crippen molar-refractivity contribution in [2.75, 3.05) is 19.6 Å². The largest absolute Gasteiger partial charge is 0.487 e. The average Bonchev–Trinajstić information content (AvgIpc) is 3.16. The molecule has 32 heavy (non-hydrogen) atoms. The van der Waals surface area contributed by atoms with E-state index in [9.17, 15) is 10.2 Å². The smallest absolute Gasteiger partial charge is 0.126 e. The van der Waals surface area contributed by atoms with Gasteiger partial charge in [0.2, 0.25) is 0 Å². The van der Waals surface area contributed by atoms with Gasteiger partial charge in [-0.15, -0.1) is 0 Å². The van der Waals surface area contributed by atoms with Crippen molar-refractivity contribution in [3.8, 4) is 5.75 Å².